The van der Waals surface area contributed by atoms with Gasteiger partial charge in [-0.2, -0.15) is 5.10 Å². The first-order valence-electron chi connectivity index (χ1n) is 8.89. The van der Waals surface area contributed by atoms with Crippen molar-refractivity contribution < 1.29 is 14.3 Å². The summed E-state index contributed by atoms with van der Waals surface area (Å²) in [7, 11) is 0. The van der Waals surface area contributed by atoms with E-state index in [0.29, 0.717) is 11.4 Å². The van der Waals surface area contributed by atoms with Crippen LogP contribution in [0.2, 0.25) is 5.02 Å². The first-order valence-corrected chi connectivity index (χ1v) is 9.26. The van der Waals surface area contributed by atoms with Crippen LogP contribution in [0.4, 0.5) is 20.6 Å². The molecule has 3 aromatic rings. The molecule has 1 aliphatic rings. The molecule has 0 saturated carbocycles. The van der Waals surface area contributed by atoms with E-state index in [-0.39, 0.29) is 17.3 Å². The molecular weight excluding hydrogens is 383 g/mol. The quantitative estimate of drug-likeness (QED) is 0.597. The Morgan fingerprint density at radius 3 is 2.79 bits per heavy atom. The van der Waals surface area contributed by atoms with E-state index < -0.39 is 11.8 Å². The molecule has 0 radical (unpaired) electrons. The molecule has 144 valence electrons. The molecule has 0 atom stereocenters. The fourth-order valence-corrected chi connectivity index (χ4v) is 3.53. The number of fused-ring (bicyclic) bond motifs is 1. The zero-order valence-electron chi connectivity index (χ0n) is 14.9. The monoisotopic (exact) mass is 400 g/mol. The van der Waals surface area contributed by atoms with Gasteiger partial charge < -0.3 is 10.4 Å². The van der Waals surface area contributed by atoms with Gasteiger partial charge in [-0.15, -0.1) is 0 Å². The molecule has 0 aliphatic heterocycles. The molecule has 3 N–H and O–H groups in total. The molecule has 0 spiro atoms. The van der Waals surface area contributed by atoms with E-state index in [1.54, 1.807) is 12.1 Å². The van der Waals surface area contributed by atoms with Crippen molar-refractivity contribution in [2.24, 2.45) is 0 Å². The van der Waals surface area contributed by atoms with E-state index in [9.17, 15) is 14.3 Å². The number of phenolic OH excluding ortho intramolecular Hbond substituents is 1. The lowest BCUT2D eigenvalue weighted by Crippen LogP contribution is -2.35. The highest BCUT2D eigenvalue weighted by Crippen LogP contribution is 2.27. The molecule has 8 heteroatoms. The largest absolute Gasteiger partial charge is 0.508 e. The molecule has 2 amide bonds. The van der Waals surface area contributed by atoms with E-state index in [1.807, 2.05) is 0 Å². The van der Waals surface area contributed by atoms with Crippen molar-refractivity contribution in [3.05, 3.63) is 70.3 Å². The van der Waals surface area contributed by atoms with E-state index in [0.717, 1.165) is 36.2 Å². The number of carbonyl (C=O) groups is 1. The zero-order chi connectivity index (χ0) is 19.7. The van der Waals surface area contributed by atoms with Crippen LogP contribution in [0.25, 0.3) is 0 Å². The van der Waals surface area contributed by atoms with Crippen molar-refractivity contribution in [1.29, 1.82) is 0 Å². The summed E-state index contributed by atoms with van der Waals surface area (Å²) in [5, 5.41) is 19.7. The van der Waals surface area contributed by atoms with Crippen LogP contribution >= 0.6 is 11.6 Å². The second-order valence-electron chi connectivity index (χ2n) is 6.64. The summed E-state index contributed by atoms with van der Waals surface area (Å²) in [6.07, 6.45) is 2.96. The van der Waals surface area contributed by atoms with Gasteiger partial charge in [0.15, 0.2) is 0 Å². The molecule has 0 unspecified atom stereocenters. The Kier molecular flexibility index (Phi) is 4.92. The third kappa shape index (κ3) is 3.66. The van der Waals surface area contributed by atoms with Gasteiger partial charge in [0.25, 0.3) is 0 Å². The minimum Gasteiger partial charge on any atom is -0.508 e. The average Bonchev–Trinajstić information content (AvgIpc) is 3.28. The minimum atomic E-state index is -0.554. The highest BCUT2D eigenvalue weighted by atomic mass is 35.5. The van der Waals surface area contributed by atoms with Gasteiger partial charge in [0, 0.05) is 17.1 Å². The molecule has 0 fully saturated rings. The molecule has 2 aromatic carbocycles. The lowest BCUT2D eigenvalue weighted by molar-refractivity contribution is 0.256. The van der Waals surface area contributed by atoms with Crippen LogP contribution in [0.3, 0.4) is 0 Å². The number of H-pyrrole nitrogens is 1. The van der Waals surface area contributed by atoms with Crippen LogP contribution in [-0.4, -0.2) is 21.3 Å². The molecule has 6 nitrogen and oxygen atoms in total. The van der Waals surface area contributed by atoms with Crippen molar-refractivity contribution in [3.63, 3.8) is 0 Å². The Morgan fingerprint density at radius 2 is 2.04 bits per heavy atom. The summed E-state index contributed by atoms with van der Waals surface area (Å²) >= 11 is 5.81. The highest BCUT2D eigenvalue weighted by molar-refractivity contribution is 6.31. The molecule has 1 aliphatic carbocycles. The predicted octanol–water partition coefficient (Wildman–Crippen LogP) is 4.64. The SMILES string of the molecule is O=C(Nc1ccc(F)c(Cl)c1)N(Cc1n[nH]c2c1CCC2)c1ccc(O)cc1. The van der Waals surface area contributed by atoms with Gasteiger partial charge in [-0.1, -0.05) is 11.6 Å². The number of urea groups is 1. The molecule has 0 saturated heterocycles. The molecule has 4 rings (SSSR count). The number of hydrogen-bond donors (Lipinski definition) is 3. The van der Waals surface area contributed by atoms with Crippen LogP contribution in [-0.2, 0) is 19.4 Å². The van der Waals surface area contributed by atoms with Crippen LogP contribution in [0.15, 0.2) is 42.5 Å². The predicted molar refractivity (Wildman–Crippen MR) is 105 cm³/mol. The number of amides is 2. The summed E-state index contributed by atoms with van der Waals surface area (Å²) in [5.74, 6) is -0.447. The standard InChI is InChI=1S/C20H18ClFN4O2/c21-16-10-12(4-9-17(16)22)23-20(28)26(13-5-7-14(27)8-6-13)11-19-15-2-1-3-18(15)24-25-19/h4-10,27H,1-3,11H2,(H,23,28)(H,24,25). The smallest absolute Gasteiger partial charge is 0.326 e. The van der Waals surface area contributed by atoms with Gasteiger partial charge in [-0.25, -0.2) is 9.18 Å². The number of aromatic amines is 1. The Hall–Kier alpha value is -3.06. The minimum absolute atomic E-state index is 0.0703. The van der Waals surface area contributed by atoms with E-state index in [1.165, 1.54) is 35.2 Å². The van der Waals surface area contributed by atoms with E-state index >= 15 is 0 Å². The van der Waals surface area contributed by atoms with Gasteiger partial charge in [0.1, 0.15) is 11.6 Å². The number of aryl methyl sites for hydroxylation is 1. The average molecular weight is 401 g/mol. The molecule has 28 heavy (non-hydrogen) atoms. The van der Waals surface area contributed by atoms with Crippen LogP contribution in [0, 0.1) is 5.82 Å². The van der Waals surface area contributed by atoms with Crippen LogP contribution in [0.1, 0.15) is 23.4 Å². The fourth-order valence-electron chi connectivity index (χ4n) is 3.35. The lowest BCUT2D eigenvalue weighted by atomic mass is 10.2. The van der Waals surface area contributed by atoms with Crippen molar-refractivity contribution in [2.75, 3.05) is 10.2 Å². The van der Waals surface area contributed by atoms with Crippen molar-refractivity contribution >= 4 is 29.0 Å². The second-order valence-corrected chi connectivity index (χ2v) is 7.05. The van der Waals surface area contributed by atoms with Gasteiger partial charge >= 0.3 is 6.03 Å². The Bertz CT molecular complexity index is 1020. The first-order chi connectivity index (χ1) is 13.5. The van der Waals surface area contributed by atoms with Crippen molar-refractivity contribution in [1.82, 2.24) is 10.2 Å². The number of carbonyl (C=O) groups excluding carboxylic acids is 1. The molecule has 1 heterocycles. The number of halogens is 2. The molecule has 0 bridgehead atoms. The van der Waals surface area contributed by atoms with E-state index in [2.05, 4.69) is 15.5 Å². The summed E-state index contributed by atoms with van der Waals surface area (Å²) < 4.78 is 13.4. The van der Waals surface area contributed by atoms with Crippen molar-refractivity contribution in [3.8, 4) is 5.75 Å². The number of aromatic nitrogens is 2. The maximum absolute atomic E-state index is 13.4. The number of hydrogen-bond acceptors (Lipinski definition) is 3. The number of nitrogens with one attached hydrogen (secondary N) is 2. The number of anilines is 2. The summed E-state index contributed by atoms with van der Waals surface area (Å²) in [6, 6.07) is 9.92. The number of aromatic hydroxyl groups is 1. The van der Waals surface area contributed by atoms with Gasteiger partial charge in [0.2, 0.25) is 0 Å². The van der Waals surface area contributed by atoms with Crippen LogP contribution < -0.4 is 10.2 Å². The normalized spacial score (nSPS) is 12.6. The maximum Gasteiger partial charge on any atom is 0.326 e. The second kappa shape index (κ2) is 7.52. The topological polar surface area (TPSA) is 81.2 Å². The summed E-state index contributed by atoms with van der Waals surface area (Å²) in [5.41, 5.74) is 4.06. The Morgan fingerprint density at radius 1 is 1.25 bits per heavy atom. The molecular formula is C20H18ClFN4O2. The number of benzene rings is 2. The van der Waals surface area contributed by atoms with Crippen LogP contribution in [0.5, 0.6) is 5.75 Å². The fraction of sp³-hybridized carbons (Fsp3) is 0.200. The van der Waals surface area contributed by atoms with Crippen molar-refractivity contribution in [2.45, 2.75) is 25.8 Å². The number of nitrogens with zero attached hydrogens (tertiary/aromatic N) is 2. The van der Waals surface area contributed by atoms with Gasteiger partial charge in [-0.05, 0) is 67.3 Å². The Balaban J connectivity index is 1.62. The van der Waals surface area contributed by atoms with Gasteiger partial charge in [0.05, 0.1) is 17.3 Å². The lowest BCUT2D eigenvalue weighted by Gasteiger charge is -2.23. The first kappa shape index (κ1) is 18.3. The third-order valence-electron chi connectivity index (χ3n) is 4.78. The highest BCUT2D eigenvalue weighted by Gasteiger charge is 2.23. The number of phenols is 1. The third-order valence-corrected chi connectivity index (χ3v) is 5.07. The Labute approximate surface area is 165 Å². The van der Waals surface area contributed by atoms with E-state index in [4.69, 9.17) is 11.6 Å². The maximum atomic E-state index is 13.4. The number of rotatable bonds is 4. The zero-order valence-corrected chi connectivity index (χ0v) is 15.6. The molecule has 1 aromatic heterocycles. The summed E-state index contributed by atoms with van der Waals surface area (Å²) in [4.78, 5) is 14.5. The summed E-state index contributed by atoms with van der Waals surface area (Å²) in [6.45, 7) is 0.261. The van der Waals surface area contributed by atoms with Gasteiger partial charge in [-0.3, -0.25) is 10.00 Å².